The van der Waals surface area contributed by atoms with Gasteiger partial charge in [-0.1, -0.05) is 0 Å². The van der Waals surface area contributed by atoms with Gasteiger partial charge in [0.1, 0.15) is 5.75 Å². The average Bonchev–Trinajstić information content (AvgIpc) is 2.25. The molecule has 5 heteroatoms. The van der Waals surface area contributed by atoms with Crippen LogP contribution in [0.15, 0.2) is 23.1 Å². The minimum Gasteiger partial charge on any atom is -0.497 e. The first kappa shape index (κ1) is 13.0. The number of methoxy groups -OCH3 is 1. The average molecular weight is 243 g/mol. The first-order valence-corrected chi connectivity index (χ1v) is 6.74. The molecule has 0 aromatic heterocycles. The molecule has 0 atom stereocenters. The highest BCUT2D eigenvalue weighted by Crippen LogP contribution is 2.22. The second-order valence-electron chi connectivity index (χ2n) is 3.59. The van der Waals surface area contributed by atoms with E-state index in [9.17, 15) is 8.42 Å². The third-order valence-corrected chi connectivity index (χ3v) is 4.29. The highest BCUT2D eigenvalue weighted by molar-refractivity contribution is 7.91. The van der Waals surface area contributed by atoms with Crippen LogP contribution in [0.5, 0.6) is 5.75 Å². The van der Waals surface area contributed by atoms with Gasteiger partial charge in [-0.25, -0.2) is 8.42 Å². The zero-order chi connectivity index (χ0) is 12.2. The van der Waals surface area contributed by atoms with Crippen LogP contribution in [0.2, 0.25) is 0 Å². The Morgan fingerprint density at radius 1 is 1.38 bits per heavy atom. The Balaban J connectivity index is 3.04. The maximum Gasteiger partial charge on any atom is 0.178 e. The van der Waals surface area contributed by atoms with Crippen molar-refractivity contribution in [3.8, 4) is 5.75 Å². The lowest BCUT2D eigenvalue weighted by atomic mass is 10.2. The molecule has 0 spiro atoms. The van der Waals surface area contributed by atoms with Crippen LogP contribution < -0.4 is 10.5 Å². The van der Waals surface area contributed by atoms with Gasteiger partial charge in [-0.3, -0.25) is 0 Å². The molecule has 0 fully saturated rings. The normalized spacial score (nSPS) is 11.4. The Hall–Kier alpha value is -1.07. The molecule has 16 heavy (non-hydrogen) atoms. The number of ether oxygens (including phenoxy) is 1. The third-order valence-electron chi connectivity index (χ3n) is 2.33. The topological polar surface area (TPSA) is 69.4 Å². The summed E-state index contributed by atoms with van der Waals surface area (Å²) in [7, 11) is -1.66. The summed E-state index contributed by atoms with van der Waals surface area (Å²) in [6.45, 7) is 2.15. The van der Waals surface area contributed by atoms with E-state index in [0.29, 0.717) is 29.2 Å². The van der Waals surface area contributed by atoms with E-state index in [1.54, 1.807) is 32.2 Å². The monoisotopic (exact) mass is 243 g/mol. The molecule has 90 valence electrons. The molecule has 1 aromatic rings. The van der Waals surface area contributed by atoms with Crippen molar-refractivity contribution in [3.05, 3.63) is 23.8 Å². The van der Waals surface area contributed by atoms with Crippen LogP contribution in [-0.2, 0) is 9.84 Å². The van der Waals surface area contributed by atoms with Crippen molar-refractivity contribution in [1.29, 1.82) is 0 Å². The molecule has 0 aliphatic rings. The lowest BCUT2D eigenvalue weighted by Crippen LogP contribution is -2.12. The summed E-state index contributed by atoms with van der Waals surface area (Å²) < 4.78 is 28.9. The fourth-order valence-electron chi connectivity index (χ4n) is 1.48. The maximum absolute atomic E-state index is 11.9. The molecule has 0 unspecified atom stereocenters. The van der Waals surface area contributed by atoms with Gasteiger partial charge in [-0.05, 0) is 43.7 Å². The summed E-state index contributed by atoms with van der Waals surface area (Å²) in [4.78, 5) is 0.363. The maximum atomic E-state index is 11.9. The smallest absolute Gasteiger partial charge is 0.178 e. The number of hydrogen-bond donors (Lipinski definition) is 1. The molecule has 0 aliphatic carbocycles. The number of benzene rings is 1. The Morgan fingerprint density at radius 2 is 2.06 bits per heavy atom. The molecule has 0 radical (unpaired) electrons. The van der Waals surface area contributed by atoms with Gasteiger partial charge in [0.15, 0.2) is 9.84 Å². The molecular weight excluding hydrogens is 226 g/mol. The van der Waals surface area contributed by atoms with Gasteiger partial charge in [0.2, 0.25) is 0 Å². The van der Waals surface area contributed by atoms with Gasteiger partial charge in [0.05, 0.1) is 17.8 Å². The minimum absolute atomic E-state index is 0.0939. The van der Waals surface area contributed by atoms with Gasteiger partial charge in [0.25, 0.3) is 0 Å². The number of hydrogen-bond acceptors (Lipinski definition) is 4. The van der Waals surface area contributed by atoms with E-state index < -0.39 is 9.84 Å². The first-order chi connectivity index (χ1) is 7.51. The molecule has 0 aliphatic heterocycles. The van der Waals surface area contributed by atoms with Crippen LogP contribution in [0.25, 0.3) is 0 Å². The molecule has 0 saturated carbocycles. The zero-order valence-electron chi connectivity index (χ0n) is 9.56. The third kappa shape index (κ3) is 2.96. The summed E-state index contributed by atoms with van der Waals surface area (Å²) in [5, 5.41) is 0. The predicted octanol–water partition coefficient (Wildman–Crippen LogP) is 1.13. The largest absolute Gasteiger partial charge is 0.497 e. The molecule has 4 nitrogen and oxygen atoms in total. The quantitative estimate of drug-likeness (QED) is 0.841. The summed E-state index contributed by atoms with van der Waals surface area (Å²) >= 11 is 0. The molecule has 0 saturated heterocycles. The van der Waals surface area contributed by atoms with E-state index in [-0.39, 0.29) is 5.75 Å². The van der Waals surface area contributed by atoms with Gasteiger partial charge >= 0.3 is 0 Å². The zero-order valence-corrected chi connectivity index (χ0v) is 10.4. The van der Waals surface area contributed by atoms with Gasteiger partial charge in [0, 0.05) is 0 Å². The molecule has 2 N–H and O–H groups in total. The highest BCUT2D eigenvalue weighted by Gasteiger charge is 2.16. The highest BCUT2D eigenvalue weighted by atomic mass is 32.2. The lowest BCUT2D eigenvalue weighted by Gasteiger charge is -2.08. The van der Waals surface area contributed by atoms with Crippen molar-refractivity contribution in [2.75, 3.05) is 19.4 Å². The van der Waals surface area contributed by atoms with Crippen molar-refractivity contribution in [3.63, 3.8) is 0 Å². The minimum atomic E-state index is -3.21. The van der Waals surface area contributed by atoms with Crippen LogP contribution in [0.3, 0.4) is 0 Å². The Morgan fingerprint density at radius 3 is 2.56 bits per heavy atom. The summed E-state index contributed by atoms with van der Waals surface area (Å²) in [6.07, 6.45) is 0.480. The van der Waals surface area contributed by atoms with E-state index in [4.69, 9.17) is 10.5 Å². The number of rotatable bonds is 5. The van der Waals surface area contributed by atoms with Crippen LogP contribution in [-0.4, -0.2) is 27.8 Å². The van der Waals surface area contributed by atoms with Crippen LogP contribution >= 0.6 is 0 Å². The van der Waals surface area contributed by atoms with E-state index >= 15 is 0 Å². The standard InChI is InChI=1S/C11H17NO3S/c1-9-8-10(15-2)4-5-11(9)16(13,14)7-3-6-12/h4-5,8H,3,6-7,12H2,1-2H3. The SMILES string of the molecule is COc1ccc(S(=O)(=O)CCCN)c(C)c1. The summed E-state index contributed by atoms with van der Waals surface area (Å²) in [6, 6.07) is 4.96. The Bertz CT molecular complexity index is 454. The molecule has 0 bridgehead atoms. The van der Waals surface area contributed by atoms with E-state index in [1.807, 2.05) is 0 Å². The van der Waals surface area contributed by atoms with Crippen molar-refractivity contribution in [2.45, 2.75) is 18.2 Å². The van der Waals surface area contributed by atoms with Crippen molar-refractivity contribution < 1.29 is 13.2 Å². The van der Waals surface area contributed by atoms with E-state index in [2.05, 4.69) is 0 Å². The molecule has 1 aromatic carbocycles. The Kier molecular flexibility index (Phi) is 4.32. The van der Waals surface area contributed by atoms with Crippen LogP contribution in [0, 0.1) is 6.92 Å². The number of aryl methyl sites for hydroxylation is 1. The predicted molar refractivity (Wildman–Crippen MR) is 63.5 cm³/mol. The lowest BCUT2D eigenvalue weighted by molar-refractivity contribution is 0.414. The fraction of sp³-hybridized carbons (Fsp3) is 0.455. The van der Waals surface area contributed by atoms with Crippen molar-refractivity contribution in [2.24, 2.45) is 5.73 Å². The number of nitrogens with two attached hydrogens (primary N) is 1. The van der Waals surface area contributed by atoms with Crippen molar-refractivity contribution >= 4 is 9.84 Å². The van der Waals surface area contributed by atoms with Gasteiger partial charge < -0.3 is 10.5 Å². The first-order valence-electron chi connectivity index (χ1n) is 5.08. The van der Waals surface area contributed by atoms with E-state index in [0.717, 1.165) is 0 Å². The molecule has 1 rings (SSSR count). The second kappa shape index (κ2) is 5.32. The summed E-state index contributed by atoms with van der Waals surface area (Å²) in [5.41, 5.74) is 6.02. The van der Waals surface area contributed by atoms with E-state index in [1.165, 1.54) is 0 Å². The number of sulfone groups is 1. The second-order valence-corrected chi connectivity index (χ2v) is 5.67. The van der Waals surface area contributed by atoms with Crippen LogP contribution in [0.1, 0.15) is 12.0 Å². The molecular formula is C11H17NO3S. The fourth-order valence-corrected chi connectivity index (χ4v) is 3.07. The molecule has 0 heterocycles. The molecule has 0 amide bonds. The van der Waals surface area contributed by atoms with Crippen LogP contribution in [0.4, 0.5) is 0 Å². The van der Waals surface area contributed by atoms with Gasteiger partial charge in [-0.15, -0.1) is 0 Å². The van der Waals surface area contributed by atoms with Crippen molar-refractivity contribution in [1.82, 2.24) is 0 Å². The van der Waals surface area contributed by atoms with Gasteiger partial charge in [-0.2, -0.15) is 0 Å². The Labute approximate surface area is 96.3 Å². The summed E-state index contributed by atoms with van der Waals surface area (Å²) in [5.74, 6) is 0.756.